The number of aromatic amines is 1. The standard InChI is InChI=1S/C11H12N4/c1-7-13-11(15-14-7)9-2-3-10-8(6-9)4-5-12-10/h2-3,6,12H,4-5H2,1H3,(H,13,14,15). The molecule has 0 atom stereocenters. The highest BCUT2D eigenvalue weighted by molar-refractivity contribution is 5.65. The molecule has 2 N–H and O–H groups in total. The number of hydrogen-bond donors (Lipinski definition) is 2. The van der Waals surface area contributed by atoms with Crippen molar-refractivity contribution in [2.24, 2.45) is 0 Å². The van der Waals surface area contributed by atoms with Gasteiger partial charge < -0.3 is 5.32 Å². The molecule has 4 heteroatoms. The van der Waals surface area contributed by atoms with Gasteiger partial charge in [0.15, 0.2) is 5.82 Å². The molecule has 0 radical (unpaired) electrons. The zero-order chi connectivity index (χ0) is 10.3. The number of nitrogens with one attached hydrogen (secondary N) is 2. The highest BCUT2D eigenvalue weighted by Gasteiger charge is 2.12. The normalized spacial score (nSPS) is 13.7. The van der Waals surface area contributed by atoms with Crippen LogP contribution in [0.4, 0.5) is 5.69 Å². The van der Waals surface area contributed by atoms with Crippen molar-refractivity contribution in [3.63, 3.8) is 0 Å². The van der Waals surface area contributed by atoms with Crippen LogP contribution in [0.5, 0.6) is 0 Å². The molecule has 3 rings (SSSR count). The Bertz CT molecular complexity index is 501. The van der Waals surface area contributed by atoms with E-state index in [4.69, 9.17) is 0 Å². The Labute approximate surface area is 87.7 Å². The molecule has 4 nitrogen and oxygen atoms in total. The van der Waals surface area contributed by atoms with E-state index < -0.39 is 0 Å². The number of aryl methyl sites for hydroxylation is 1. The van der Waals surface area contributed by atoms with Gasteiger partial charge in [0.2, 0.25) is 0 Å². The second kappa shape index (κ2) is 3.08. The predicted molar refractivity (Wildman–Crippen MR) is 58.7 cm³/mol. The zero-order valence-electron chi connectivity index (χ0n) is 8.54. The van der Waals surface area contributed by atoms with Gasteiger partial charge in [-0.1, -0.05) is 0 Å². The molecule has 0 saturated heterocycles. The van der Waals surface area contributed by atoms with Crippen LogP contribution in [0.3, 0.4) is 0 Å². The maximum absolute atomic E-state index is 4.32. The van der Waals surface area contributed by atoms with Crippen LogP contribution in [0, 0.1) is 6.92 Å². The van der Waals surface area contributed by atoms with Gasteiger partial charge in [0.05, 0.1) is 0 Å². The maximum atomic E-state index is 4.32. The van der Waals surface area contributed by atoms with Gasteiger partial charge in [0, 0.05) is 17.8 Å². The van der Waals surface area contributed by atoms with E-state index in [0.717, 1.165) is 30.2 Å². The molecule has 0 unspecified atom stereocenters. The average molecular weight is 200 g/mol. The Morgan fingerprint density at radius 3 is 3.07 bits per heavy atom. The summed E-state index contributed by atoms with van der Waals surface area (Å²) in [5.74, 6) is 1.63. The van der Waals surface area contributed by atoms with Crippen molar-refractivity contribution < 1.29 is 0 Å². The van der Waals surface area contributed by atoms with Crippen LogP contribution in [0.1, 0.15) is 11.4 Å². The molecule has 1 aromatic heterocycles. The highest BCUT2D eigenvalue weighted by atomic mass is 15.2. The summed E-state index contributed by atoms with van der Waals surface area (Å²) in [4.78, 5) is 4.32. The molecule has 1 aliphatic rings. The minimum atomic E-state index is 0.780. The van der Waals surface area contributed by atoms with Gasteiger partial charge in [-0.05, 0) is 37.1 Å². The van der Waals surface area contributed by atoms with E-state index in [2.05, 4.69) is 38.7 Å². The van der Waals surface area contributed by atoms with Gasteiger partial charge in [0.25, 0.3) is 0 Å². The number of anilines is 1. The molecule has 76 valence electrons. The highest BCUT2D eigenvalue weighted by Crippen LogP contribution is 2.26. The summed E-state index contributed by atoms with van der Waals surface area (Å²) < 4.78 is 0. The summed E-state index contributed by atoms with van der Waals surface area (Å²) in [7, 11) is 0. The Morgan fingerprint density at radius 1 is 1.33 bits per heavy atom. The second-order valence-corrected chi connectivity index (χ2v) is 3.79. The Kier molecular flexibility index (Phi) is 1.74. The fourth-order valence-corrected chi connectivity index (χ4v) is 1.92. The van der Waals surface area contributed by atoms with E-state index in [1.807, 2.05) is 6.92 Å². The van der Waals surface area contributed by atoms with Gasteiger partial charge in [0.1, 0.15) is 5.82 Å². The number of benzene rings is 1. The molecular formula is C11H12N4. The molecule has 2 aromatic rings. The molecule has 0 aliphatic carbocycles. The lowest BCUT2D eigenvalue weighted by Gasteiger charge is -2.00. The maximum Gasteiger partial charge on any atom is 0.181 e. The van der Waals surface area contributed by atoms with Crippen LogP contribution in [0.15, 0.2) is 18.2 Å². The van der Waals surface area contributed by atoms with Gasteiger partial charge in [-0.3, -0.25) is 5.10 Å². The minimum Gasteiger partial charge on any atom is -0.384 e. The molecule has 0 fully saturated rings. The first-order valence-corrected chi connectivity index (χ1v) is 5.09. The van der Waals surface area contributed by atoms with Crippen molar-refractivity contribution >= 4 is 5.69 Å². The Morgan fingerprint density at radius 2 is 2.27 bits per heavy atom. The first-order valence-electron chi connectivity index (χ1n) is 5.09. The topological polar surface area (TPSA) is 53.6 Å². The van der Waals surface area contributed by atoms with Crippen molar-refractivity contribution in [2.45, 2.75) is 13.3 Å². The number of rotatable bonds is 1. The first-order chi connectivity index (χ1) is 7.33. The fourth-order valence-electron chi connectivity index (χ4n) is 1.92. The monoisotopic (exact) mass is 200 g/mol. The van der Waals surface area contributed by atoms with Crippen LogP contribution in [-0.2, 0) is 6.42 Å². The second-order valence-electron chi connectivity index (χ2n) is 3.79. The van der Waals surface area contributed by atoms with Gasteiger partial charge in [-0.25, -0.2) is 4.98 Å². The quantitative estimate of drug-likeness (QED) is 0.737. The van der Waals surface area contributed by atoms with Crippen LogP contribution in [-0.4, -0.2) is 21.7 Å². The SMILES string of the molecule is Cc1nc(-c2ccc3c(c2)CCN3)n[nH]1. The number of nitrogens with zero attached hydrogens (tertiary/aromatic N) is 2. The molecule has 0 amide bonds. The van der Waals surface area contributed by atoms with Crippen LogP contribution in [0.25, 0.3) is 11.4 Å². The lowest BCUT2D eigenvalue weighted by molar-refractivity contribution is 1.04. The summed E-state index contributed by atoms with van der Waals surface area (Å²) in [5.41, 5.74) is 3.68. The largest absolute Gasteiger partial charge is 0.384 e. The summed E-state index contributed by atoms with van der Waals surface area (Å²) in [6.45, 7) is 2.94. The Hall–Kier alpha value is -1.84. The van der Waals surface area contributed by atoms with Crippen LogP contribution in [0.2, 0.25) is 0 Å². The minimum absolute atomic E-state index is 0.780. The molecule has 0 saturated carbocycles. The molecule has 0 bridgehead atoms. The third-order valence-electron chi connectivity index (χ3n) is 2.67. The first kappa shape index (κ1) is 8.47. The van der Waals surface area contributed by atoms with E-state index in [1.54, 1.807) is 0 Å². The third-order valence-corrected chi connectivity index (χ3v) is 2.67. The van der Waals surface area contributed by atoms with E-state index in [0.29, 0.717) is 0 Å². The number of aromatic nitrogens is 3. The third kappa shape index (κ3) is 1.38. The van der Waals surface area contributed by atoms with Crippen molar-refractivity contribution in [1.29, 1.82) is 0 Å². The van der Waals surface area contributed by atoms with Crippen LogP contribution >= 0.6 is 0 Å². The van der Waals surface area contributed by atoms with E-state index in [1.165, 1.54) is 11.3 Å². The molecular weight excluding hydrogens is 188 g/mol. The summed E-state index contributed by atoms with van der Waals surface area (Å²) in [6, 6.07) is 6.32. The lowest BCUT2D eigenvalue weighted by Crippen LogP contribution is -1.90. The van der Waals surface area contributed by atoms with E-state index >= 15 is 0 Å². The molecule has 1 aromatic carbocycles. The van der Waals surface area contributed by atoms with E-state index in [-0.39, 0.29) is 0 Å². The Balaban J connectivity index is 2.06. The fraction of sp³-hybridized carbons (Fsp3) is 0.273. The smallest absolute Gasteiger partial charge is 0.181 e. The van der Waals surface area contributed by atoms with Crippen LogP contribution < -0.4 is 5.32 Å². The predicted octanol–water partition coefficient (Wildman–Crippen LogP) is 1.75. The summed E-state index contributed by atoms with van der Waals surface area (Å²) in [6.07, 6.45) is 1.09. The molecule has 2 heterocycles. The van der Waals surface area contributed by atoms with Gasteiger partial charge >= 0.3 is 0 Å². The zero-order valence-corrected chi connectivity index (χ0v) is 8.54. The van der Waals surface area contributed by atoms with Gasteiger partial charge in [-0.2, -0.15) is 5.10 Å². The van der Waals surface area contributed by atoms with Gasteiger partial charge in [-0.15, -0.1) is 0 Å². The van der Waals surface area contributed by atoms with Crippen molar-refractivity contribution in [3.05, 3.63) is 29.6 Å². The molecule has 15 heavy (non-hydrogen) atoms. The summed E-state index contributed by atoms with van der Waals surface area (Å²) in [5, 5.41) is 10.3. The molecule has 0 spiro atoms. The average Bonchev–Trinajstić information content (AvgIpc) is 2.84. The number of fused-ring (bicyclic) bond motifs is 1. The lowest BCUT2D eigenvalue weighted by atomic mass is 10.1. The van der Waals surface area contributed by atoms with E-state index in [9.17, 15) is 0 Å². The van der Waals surface area contributed by atoms with Crippen molar-refractivity contribution in [1.82, 2.24) is 15.2 Å². The molecule has 1 aliphatic heterocycles. The van der Waals surface area contributed by atoms with Crippen molar-refractivity contribution in [3.8, 4) is 11.4 Å². The number of H-pyrrole nitrogens is 1. The summed E-state index contributed by atoms with van der Waals surface area (Å²) >= 11 is 0. The van der Waals surface area contributed by atoms with Crippen molar-refractivity contribution in [2.75, 3.05) is 11.9 Å². The number of hydrogen-bond acceptors (Lipinski definition) is 3.